The van der Waals surface area contributed by atoms with Crippen molar-refractivity contribution in [2.45, 2.75) is 25.0 Å². The fourth-order valence-electron chi connectivity index (χ4n) is 1.81. The monoisotopic (exact) mass is 235 g/mol. The van der Waals surface area contributed by atoms with Gasteiger partial charge in [-0.2, -0.15) is 0 Å². The van der Waals surface area contributed by atoms with Crippen molar-refractivity contribution in [3.63, 3.8) is 0 Å². The number of aliphatic hydroxyl groups excluding tert-OH is 1. The molecule has 0 bridgehead atoms. The molecule has 2 rings (SSSR count). The summed E-state index contributed by atoms with van der Waals surface area (Å²) in [5, 5.41) is 12.5. The van der Waals surface area contributed by atoms with E-state index in [0.717, 1.165) is 18.5 Å². The average molecular weight is 235 g/mol. The molecule has 2 N–H and O–H groups in total. The zero-order valence-corrected chi connectivity index (χ0v) is 10.1. The van der Waals surface area contributed by atoms with E-state index in [2.05, 4.69) is 10.3 Å². The van der Waals surface area contributed by atoms with Gasteiger partial charge in [0.25, 0.3) is 5.91 Å². The highest BCUT2D eigenvalue weighted by Crippen LogP contribution is 2.24. The Balaban J connectivity index is 2.04. The smallest absolute Gasteiger partial charge is 0.272 e. The van der Waals surface area contributed by atoms with Gasteiger partial charge in [-0.25, -0.2) is 0 Å². The topological polar surface area (TPSA) is 65.5 Å². The van der Waals surface area contributed by atoms with Gasteiger partial charge in [-0.3, -0.25) is 9.78 Å². The van der Waals surface area contributed by atoms with Gasteiger partial charge in [0.1, 0.15) is 5.69 Å². The minimum atomic E-state index is -0.183. The van der Waals surface area contributed by atoms with Crippen LogP contribution >= 0.6 is 0 Å². The number of aliphatic hydroxyl groups is 1. The summed E-state index contributed by atoms with van der Waals surface area (Å²) in [7, 11) is 3.40. The first-order valence-electron chi connectivity index (χ1n) is 5.68. The normalized spacial score (nSPS) is 22.8. The molecular formula is C12H17N3O2. The van der Waals surface area contributed by atoms with Gasteiger partial charge in [0.2, 0.25) is 0 Å². The van der Waals surface area contributed by atoms with E-state index in [4.69, 9.17) is 0 Å². The summed E-state index contributed by atoms with van der Waals surface area (Å²) < 4.78 is 0. The van der Waals surface area contributed by atoms with E-state index in [1.54, 1.807) is 26.4 Å². The van der Waals surface area contributed by atoms with Crippen LogP contribution in [0.25, 0.3) is 0 Å². The zero-order valence-electron chi connectivity index (χ0n) is 10.1. The molecule has 1 amide bonds. The Hall–Kier alpha value is -1.62. The van der Waals surface area contributed by atoms with Gasteiger partial charge in [-0.15, -0.1) is 0 Å². The first-order chi connectivity index (χ1) is 8.06. The van der Waals surface area contributed by atoms with Crippen molar-refractivity contribution < 1.29 is 9.90 Å². The predicted octanol–water partition coefficient (Wildman–Crippen LogP) is 0.719. The SMILES string of the molecule is CN(C)C(=O)c1cc(NC2CC(O)C2)ccn1. The van der Waals surface area contributed by atoms with Crippen LogP contribution in [0.5, 0.6) is 0 Å². The van der Waals surface area contributed by atoms with Gasteiger partial charge in [-0.05, 0) is 25.0 Å². The number of amides is 1. The second kappa shape index (κ2) is 4.71. The molecule has 0 atom stereocenters. The van der Waals surface area contributed by atoms with Crippen LogP contribution in [-0.4, -0.2) is 47.1 Å². The molecule has 0 saturated heterocycles. The van der Waals surface area contributed by atoms with Gasteiger partial charge >= 0.3 is 0 Å². The van der Waals surface area contributed by atoms with Crippen LogP contribution in [0.15, 0.2) is 18.3 Å². The van der Waals surface area contributed by atoms with E-state index in [-0.39, 0.29) is 12.0 Å². The third kappa shape index (κ3) is 2.74. The summed E-state index contributed by atoms with van der Waals surface area (Å²) in [6.45, 7) is 0. The van der Waals surface area contributed by atoms with Crippen LogP contribution in [0.2, 0.25) is 0 Å². The Morgan fingerprint density at radius 1 is 1.53 bits per heavy atom. The lowest BCUT2D eigenvalue weighted by molar-refractivity contribution is 0.0817. The average Bonchev–Trinajstić information content (AvgIpc) is 2.26. The van der Waals surface area contributed by atoms with Crippen molar-refractivity contribution in [2.75, 3.05) is 19.4 Å². The van der Waals surface area contributed by atoms with Crippen molar-refractivity contribution in [1.29, 1.82) is 0 Å². The highest BCUT2D eigenvalue weighted by molar-refractivity contribution is 5.92. The lowest BCUT2D eigenvalue weighted by Gasteiger charge is -2.32. The van der Waals surface area contributed by atoms with E-state index >= 15 is 0 Å². The number of aromatic nitrogens is 1. The van der Waals surface area contributed by atoms with Crippen molar-refractivity contribution >= 4 is 11.6 Å². The number of anilines is 1. The molecule has 0 aromatic carbocycles. The van der Waals surface area contributed by atoms with Gasteiger partial charge in [0.05, 0.1) is 6.10 Å². The number of nitrogens with zero attached hydrogens (tertiary/aromatic N) is 2. The quantitative estimate of drug-likeness (QED) is 0.810. The number of rotatable bonds is 3. The standard InChI is InChI=1S/C12H17N3O2/c1-15(2)12(17)11-7-8(3-4-13-11)14-9-5-10(16)6-9/h3-4,7,9-10,16H,5-6H2,1-2H3,(H,13,14). The minimum absolute atomic E-state index is 0.109. The third-order valence-corrected chi connectivity index (χ3v) is 2.87. The molecule has 1 aromatic heterocycles. The molecule has 0 spiro atoms. The summed E-state index contributed by atoms with van der Waals surface area (Å²) in [6, 6.07) is 3.87. The van der Waals surface area contributed by atoms with Crippen molar-refractivity contribution in [3.8, 4) is 0 Å². The van der Waals surface area contributed by atoms with E-state index < -0.39 is 0 Å². The summed E-state index contributed by atoms with van der Waals surface area (Å²) in [5.74, 6) is -0.109. The largest absolute Gasteiger partial charge is 0.393 e. The first kappa shape index (κ1) is 11.9. The number of carbonyl (C=O) groups excluding carboxylic acids is 1. The molecule has 5 heteroatoms. The Morgan fingerprint density at radius 2 is 2.24 bits per heavy atom. The molecular weight excluding hydrogens is 218 g/mol. The van der Waals surface area contributed by atoms with E-state index in [9.17, 15) is 9.90 Å². The van der Waals surface area contributed by atoms with Gasteiger partial charge in [0.15, 0.2) is 0 Å². The van der Waals surface area contributed by atoms with Crippen molar-refractivity contribution in [1.82, 2.24) is 9.88 Å². The zero-order chi connectivity index (χ0) is 12.4. The summed E-state index contributed by atoms with van der Waals surface area (Å²) in [5.41, 5.74) is 1.31. The molecule has 5 nitrogen and oxygen atoms in total. The number of pyridine rings is 1. The van der Waals surface area contributed by atoms with Crippen LogP contribution < -0.4 is 5.32 Å². The molecule has 17 heavy (non-hydrogen) atoms. The van der Waals surface area contributed by atoms with Crippen LogP contribution in [0.4, 0.5) is 5.69 Å². The second-order valence-electron chi connectivity index (χ2n) is 4.60. The van der Waals surface area contributed by atoms with Gasteiger partial charge in [0, 0.05) is 32.0 Å². The van der Waals surface area contributed by atoms with E-state index in [0.29, 0.717) is 11.7 Å². The molecule has 1 heterocycles. The number of carbonyl (C=O) groups is 1. The number of hydrogen-bond acceptors (Lipinski definition) is 4. The predicted molar refractivity (Wildman–Crippen MR) is 64.9 cm³/mol. The van der Waals surface area contributed by atoms with Crippen LogP contribution in [0.3, 0.4) is 0 Å². The minimum Gasteiger partial charge on any atom is -0.393 e. The summed E-state index contributed by atoms with van der Waals surface area (Å²) in [4.78, 5) is 17.3. The molecule has 1 fully saturated rings. The Kier molecular flexibility index (Phi) is 3.28. The maximum Gasteiger partial charge on any atom is 0.272 e. The molecule has 1 aliphatic carbocycles. The van der Waals surface area contributed by atoms with Crippen LogP contribution in [0.1, 0.15) is 23.3 Å². The van der Waals surface area contributed by atoms with Gasteiger partial charge in [-0.1, -0.05) is 0 Å². The highest BCUT2D eigenvalue weighted by Gasteiger charge is 2.26. The van der Waals surface area contributed by atoms with Gasteiger partial charge < -0.3 is 15.3 Å². The van der Waals surface area contributed by atoms with Crippen LogP contribution in [0, 0.1) is 0 Å². The molecule has 0 unspecified atom stereocenters. The van der Waals surface area contributed by atoms with Crippen LogP contribution in [-0.2, 0) is 0 Å². The third-order valence-electron chi connectivity index (χ3n) is 2.87. The van der Waals surface area contributed by atoms with E-state index in [1.807, 2.05) is 6.07 Å². The fraction of sp³-hybridized carbons (Fsp3) is 0.500. The van der Waals surface area contributed by atoms with E-state index in [1.165, 1.54) is 4.90 Å². The Labute approximate surface area is 100 Å². The first-order valence-corrected chi connectivity index (χ1v) is 5.68. The molecule has 1 aliphatic rings. The molecule has 0 aliphatic heterocycles. The number of hydrogen-bond donors (Lipinski definition) is 2. The van der Waals surface area contributed by atoms with Crippen molar-refractivity contribution in [2.24, 2.45) is 0 Å². The Bertz CT molecular complexity index is 414. The second-order valence-corrected chi connectivity index (χ2v) is 4.60. The lowest BCUT2D eigenvalue weighted by atomic mass is 9.89. The summed E-state index contributed by atoms with van der Waals surface area (Å²) >= 11 is 0. The number of nitrogens with one attached hydrogen (secondary N) is 1. The maximum atomic E-state index is 11.7. The lowest BCUT2D eigenvalue weighted by Crippen LogP contribution is -2.39. The molecule has 1 saturated carbocycles. The molecule has 92 valence electrons. The highest BCUT2D eigenvalue weighted by atomic mass is 16.3. The molecule has 1 aromatic rings. The molecule has 0 radical (unpaired) electrons. The van der Waals surface area contributed by atoms with Crippen molar-refractivity contribution in [3.05, 3.63) is 24.0 Å². The summed E-state index contributed by atoms with van der Waals surface area (Å²) in [6.07, 6.45) is 2.96. The fourth-order valence-corrected chi connectivity index (χ4v) is 1.81. The Morgan fingerprint density at radius 3 is 2.82 bits per heavy atom. The maximum absolute atomic E-state index is 11.7.